The van der Waals surface area contributed by atoms with Crippen molar-refractivity contribution in [3.63, 3.8) is 0 Å². The van der Waals surface area contributed by atoms with E-state index < -0.39 is 36.0 Å². The van der Waals surface area contributed by atoms with Gasteiger partial charge in [-0.1, -0.05) is 44.2 Å². The summed E-state index contributed by atoms with van der Waals surface area (Å²) in [6.07, 6.45) is -5.35. The van der Waals surface area contributed by atoms with Crippen molar-refractivity contribution in [3.05, 3.63) is 59.4 Å². The van der Waals surface area contributed by atoms with Gasteiger partial charge in [-0.05, 0) is 65.7 Å². The fraction of sp³-hybridized carbons (Fsp3) is 0.435. The van der Waals surface area contributed by atoms with Crippen LogP contribution in [0.3, 0.4) is 0 Å². The van der Waals surface area contributed by atoms with Gasteiger partial charge < -0.3 is 15.9 Å². The number of hydrogen-bond acceptors (Lipinski definition) is 4. The summed E-state index contributed by atoms with van der Waals surface area (Å²) >= 11 is 1.10. The molecule has 0 aliphatic heterocycles. The minimum Gasteiger partial charge on any atom is -0.480 e. The lowest BCUT2D eigenvalue weighted by molar-refractivity contribution is -0.267. The maximum Gasteiger partial charge on any atom is 0.421 e. The van der Waals surface area contributed by atoms with Gasteiger partial charge in [-0.2, -0.15) is 24.9 Å². The van der Waals surface area contributed by atoms with Gasteiger partial charge in [0.25, 0.3) is 0 Å². The minimum absolute atomic E-state index is 0.0266. The Hall–Kier alpha value is -2.10. The van der Waals surface area contributed by atoms with E-state index in [1.807, 2.05) is 13.8 Å². The van der Waals surface area contributed by atoms with Gasteiger partial charge in [-0.3, -0.25) is 4.79 Å². The molecule has 4 nitrogen and oxygen atoms in total. The number of halogens is 4. The number of hydrogen-bond donors (Lipinski definition) is 3. The van der Waals surface area contributed by atoms with Crippen LogP contribution in [-0.2, 0) is 10.4 Å². The topological polar surface area (TPSA) is 83.5 Å². The first-order chi connectivity index (χ1) is 15.0. The highest BCUT2D eigenvalue weighted by atomic mass is 32.2. The third-order valence-electron chi connectivity index (χ3n) is 4.83. The van der Waals surface area contributed by atoms with Crippen LogP contribution in [0, 0.1) is 12.7 Å². The van der Waals surface area contributed by atoms with Crippen LogP contribution in [0.2, 0.25) is 0 Å². The first-order valence-electron chi connectivity index (χ1n) is 10.2. The number of alkyl halides is 3. The molecule has 2 atom stereocenters. The Morgan fingerprint density at radius 2 is 1.69 bits per heavy atom. The van der Waals surface area contributed by atoms with Crippen LogP contribution in [0.15, 0.2) is 42.5 Å². The number of benzene rings is 2. The maximum absolute atomic E-state index is 13.7. The second-order valence-corrected chi connectivity index (χ2v) is 8.22. The van der Waals surface area contributed by atoms with Gasteiger partial charge in [0.15, 0.2) is 5.60 Å². The van der Waals surface area contributed by atoms with Crippen LogP contribution in [0.1, 0.15) is 37.8 Å². The Kier molecular flexibility index (Phi) is 10.7. The molecule has 32 heavy (non-hydrogen) atoms. The molecule has 0 saturated carbocycles. The predicted octanol–water partition coefficient (Wildman–Crippen LogP) is 5.50. The van der Waals surface area contributed by atoms with Crippen molar-refractivity contribution < 1.29 is 32.6 Å². The van der Waals surface area contributed by atoms with E-state index in [9.17, 15) is 27.5 Å². The van der Waals surface area contributed by atoms with Gasteiger partial charge in [0.2, 0.25) is 0 Å². The van der Waals surface area contributed by atoms with E-state index >= 15 is 0 Å². The average Bonchev–Trinajstić information content (AvgIpc) is 2.74. The Morgan fingerprint density at radius 3 is 2.19 bits per heavy atom. The molecule has 2 aromatic carbocycles. The van der Waals surface area contributed by atoms with Crippen molar-refractivity contribution in [2.75, 3.05) is 11.5 Å². The third-order valence-corrected chi connectivity index (χ3v) is 5.85. The zero-order valence-corrected chi connectivity index (χ0v) is 19.1. The van der Waals surface area contributed by atoms with Crippen LogP contribution in [0.5, 0.6) is 0 Å². The summed E-state index contributed by atoms with van der Waals surface area (Å²) in [5, 5.41) is 19.2. The highest BCUT2D eigenvalue weighted by Gasteiger charge is 2.54. The molecular weight excluding hydrogens is 446 g/mol. The molecule has 0 aliphatic carbocycles. The number of thioether (sulfide) groups is 1. The van der Waals surface area contributed by atoms with Gasteiger partial charge in [0.05, 0.1) is 0 Å². The molecule has 4 N–H and O–H groups in total. The quantitative estimate of drug-likeness (QED) is 0.329. The number of carboxylic acid groups (broad SMARTS) is 1. The first kappa shape index (κ1) is 27.9. The molecule has 178 valence electrons. The summed E-state index contributed by atoms with van der Waals surface area (Å²) in [6, 6.07) is 8.46. The molecule has 0 bridgehead atoms. The smallest absolute Gasteiger partial charge is 0.421 e. The third kappa shape index (κ3) is 7.21. The molecule has 0 aromatic heterocycles. The lowest BCUT2D eigenvalue weighted by atomic mass is 9.88. The van der Waals surface area contributed by atoms with E-state index in [0.29, 0.717) is 16.7 Å². The van der Waals surface area contributed by atoms with Crippen molar-refractivity contribution in [3.8, 4) is 11.1 Å². The number of carbonyl (C=O) groups is 1. The van der Waals surface area contributed by atoms with E-state index in [1.54, 1.807) is 13.0 Å². The summed E-state index contributed by atoms with van der Waals surface area (Å²) < 4.78 is 54.3. The number of aliphatic carboxylic acids is 1. The molecule has 0 fully saturated rings. The molecule has 0 saturated heterocycles. The van der Waals surface area contributed by atoms with Gasteiger partial charge in [0.1, 0.15) is 11.9 Å². The van der Waals surface area contributed by atoms with E-state index in [2.05, 4.69) is 0 Å². The molecule has 0 aliphatic rings. The Morgan fingerprint density at radius 1 is 1.09 bits per heavy atom. The molecular formula is C23H29F4NO3S. The highest BCUT2D eigenvalue weighted by molar-refractivity contribution is 7.99. The standard InChI is InChI=1S/C21H23F4NO3S.C2H6/c1-13-12-16(22)6-7-17(13)14-2-4-15(5-3-14)20(29,21(23,24)25)9-11-30-10-8-18(26)19(27)28;1-2/h2-7,12,18,29H,8-11,26H2,1H3,(H,27,28);1-2H3. The molecule has 2 aromatic rings. The van der Waals surface area contributed by atoms with E-state index in [0.717, 1.165) is 11.8 Å². The zero-order valence-electron chi connectivity index (χ0n) is 18.2. The Balaban J connectivity index is 0.00000249. The predicted molar refractivity (Wildman–Crippen MR) is 120 cm³/mol. The SMILES string of the molecule is CC.Cc1cc(F)ccc1-c1ccc(C(O)(CCSCCC(N)C(=O)O)C(F)(F)F)cc1. The fourth-order valence-corrected chi connectivity index (χ4v) is 4.05. The summed E-state index contributed by atoms with van der Waals surface area (Å²) in [7, 11) is 0. The largest absolute Gasteiger partial charge is 0.480 e. The van der Waals surface area contributed by atoms with Crippen molar-refractivity contribution in [1.82, 2.24) is 0 Å². The number of carboxylic acids is 1. The van der Waals surface area contributed by atoms with E-state index in [1.165, 1.54) is 36.4 Å². The summed E-state index contributed by atoms with van der Waals surface area (Å²) in [5.74, 6) is -1.33. The van der Waals surface area contributed by atoms with Crippen molar-refractivity contribution in [2.24, 2.45) is 5.73 Å². The second kappa shape index (κ2) is 12.2. The zero-order chi connectivity index (χ0) is 24.5. The van der Waals surface area contributed by atoms with Crippen molar-refractivity contribution in [1.29, 1.82) is 0 Å². The van der Waals surface area contributed by atoms with Crippen LogP contribution in [-0.4, -0.2) is 39.9 Å². The van der Waals surface area contributed by atoms with Crippen LogP contribution >= 0.6 is 11.8 Å². The highest BCUT2D eigenvalue weighted by Crippen LogP contribution is 2.43. The summed E-state index contributed by atoms with van der Waals surface area (Å²) in [6.45, 7) is 5.70. The van der Waals surface area contributed by atoms with Gasteiger partial charge >= 0.3 is 12.1 Å². The van der Waals surface area contributed by atoms with E-state index in [-0.39, 0.29) is 23.5 Å². The van der Waals surface area contributed by atoms with Gasteiger partial charge in [0, 0.05) is 0 Å². The first-order valence-corrected chi connectivity index (χ1v) is 11.3. The number of aryl methyl sites for hydroxylation is 1. The van der Waals surface area contributed by atoms with Gasteiger partial charge in [-0.25, -0.2) is 4.39 Å². The average molecular weight is 476 g/mol. The molecule has 9 heteroatoms. The molecule has 0 amide bonds. The second-order valence-electron chi connectivity index (χ2n) is 6.99. The molecule has 0 radical (unpaired) electrons. The lowest BCUT2D eigenvalue weighted by Crippen LogP contribution is -2.42. The fourth-order valence-electron chi connectivity index (χ4n) is 2.98. The Bertz CT molecular complexity index is 875. The number of rotatable bonds is 9. The summed E-state index contributed by atoms with van der Waals surface area (Å²) in [4.78, 5) is 10.7. The molecule has 0 spiro atoms. The molecule has 0 heterocycles. The summed E-state index contributed by atoms with van der Waals surface area (Å²) in [5.41, 5.74) is 3.97. The van der Waals surface area contributed by atoms with E-state index in [4.69, 9.17) is 10.8 Å². The van der Waals surface area contributed by atoms with Crippen LogP contribution < -0.4 is 5.73 Å². The normalized spacial score (nSPS) is 14.2. The maximum atomic E-state index is 13.7. The number of aliphatic hydroxyl groups is 1. The van der Waals surface area contributed by atoms with Crippen LogP contribution in [0.25, 0.3) is 11.1 Å². The lowest BCUT2D eigenvalue weighted by Gasteiger charge is -2.31. The molecule has 2 unspecified atom stereocenters. The van der Waals surface area contributed by atoms with Crippen LogP contribution in [0.4, 0.5) is 17.6 Å². The van der Waals surface area contributed by atoms with Crippen molar-refractivity contribution >= 4 is 17.7 Å². The monoisotopic (exact) mass is 475 g/mol. The van der Waals surface area contributed by atoms with Gasteiger partial charge in [-0.15, -0.1) is 0 Å². The van der Waals surface area contributed by atoms with Crippen molar-refractivity contribution in [2.45, 2.75) is 51.4 Å². The minimum atomic E-state index is -4.89. The molecule has 2 rings (SSSR count). The number of nitrogens with two attached hydrogens (primary N) is 1. The Labute approximate surface area is 189 Å².